The third kappa shape index (κ3) is 6.70. The Morgan fingerprint density at radius 3 is 2.56 bits per heavy atom. The van der Waals surface area contributed by atoms with Crippen molar-refractivity contribution in [3.05, 3.63) is 0 Å². The molecule has 1 unspecified atom stereocenters. The summed E-state index contributed by atoms with van der Waals surface area (Å²) in [5.74, 6) is 2.24. The summed E-state index contributed by atoms with van der Waals surface area (Å²) >= 11 is 0. The maximum absolute atomic E-state index is 5.82. The highest BCUT2D eigenvalue weighted by Gasteiger charge is 2.20. The number of nitrogens with two attached hydrogens (primary N) is 1. The molecule has 1 rings (SSSR count). The zero-order chi connectivity index (χ0) is 12.0. The van der Waals surface area contributed by atoms with Crippen molar-refractivity contribution in [2.75, 3.05) is 6.54 Å². The molecule has 3 nitrogen and oxygen atoms in total. The van der Waals surface area contributed by atoms with Crippen molar-refractivity contribution in [3.8, 4) is 0 Å². The Morgan fingerprint density at radius 2 is 2.00 bits per heavy atom. The smallest absolute Gasteiger partial charge is 0.188 e. The molecule has 1 aliphatic rings. The molecular formula is C13H27N3. The van der Waals surface area contributed by atoms with E-state index >= 15 is 0 Å². The maximum atomic E-state index is 5.82. The van der Waals surface area contributed by atoms with E-state index in [1.807, 2.05) is 0 Å². The van der Waals surface area contributed by atoms with Crippen molar-refractivity contribution in [2.45, 2.75) is 58.9 Å². The molecule has 0 saturated heterocycles. The quantitative estimate of drug-likeness (QED) is 0.516. The third-order valence-corrected chi connectivity index (χ3v) is 3.03. The molecule has 0 aromatic carbocycles. The molecule has 16 heavy (non-hydrogen) atoms. The van der Waals surface area contributed by atoms with E-state index < -0.39 is 0 Å². The molecule has 1 aliphatic carbocycles. The number of rotatable bonds is 7. The highest BCUT2D eigenvalue weighted by atomic mass is 15.1. The average molecular weight is 225 g/mol. The standard InChI is InChI=1S/C13H27N3/c1-10(2)5-4-6-11(3)16-13(14)15-9-12-7-8-12/h10-12H,4-9H2,1-3H3,(H3,14,15,16). The molecule has 1 saturated carbocycles. The van der Waals surface area contributed by atoms with Gasteiger partial charge in [-0.15, -0.1) is 0 Å². The van der Waals surface area contributed by atoms with Crippen LogP contribution in [0.3, 0.4) is 0 Å². The summed E-state index contributed by atoms with van der Waals surface area (Å²) in [4.78, 5) is 4.35. The summed E-state index contributed by atoms with van der Waals surface area (Å²) < 4.78 is 0. The molecule has 0 spiro atoms. The van der Waals surface area contributed by atoms with Gasteiger partial charge in [0.1, 0.15) is 0 Å². The van der Waals surface area contributed by atoms with E-state index in [2.05, 4.69) is 31.1 Å². The number of hydrogen-bond donors (Lipinski definition) is 2. The topological polar surface area (TPSA) is 50.4 Å². The van der Waals surface area contributed by atoms with Gasteiger partial charge in [0.25, 0.3) is 0 Å². The van der Waals surface area contributed by atoms with Crippen molar-refractivity contribution < 1.29 is 0 Å². The fourth-order valence-electron chi connectivity index (χ4n) is 1.73. The van der Waals surface area contributed by atoms with Gasteiger partial charge >= 0.3 is 0 Å². The van der Waals surface area contributed by atoms with Crippen molar-refractivity contribution in [2.24, 2.45) is 22.6 Å². The lowest BCUT2D eigenvalue weighted by Gasteiger charge is -2.14. The highest BCUT2D eigenvalue weighted by Crippen LogP contribution is 2.28. The van der Waals surface area contributed by atoms with Crippen molar-refractivity contribution in [3.63, 3.8) is 0 Å². The molecule has 0 aromatic rings. The van der Waals surface area contributed by atoms with Crippen LogP contribution in [0.15, 0.2) is 4.99 Å². The first-order valence-electron chi connectivity index (χ1n) is 6.64. The predicted octanol–water partition coefficient (Wildman–Crippen LogP) is 2.52. The van der Waals surface area contributed by atoms with E-state index in [0.717, 1.165) is 18.4 Å². The van der Waals surface area contributed by atoms with Crippen LogP contribution in [0.2, 0.25) is 0 Å². The Balaban J connectivity index is 2.06. The number of aliphatic imine (C=N–C) groups is 1. The molecule has 0 bridgehead atoms. The number of nitrogens with one attached hydrogen (secondary N) is 1. The summed E-state index contributed by atoms with van der Waals surface area (Å²) in [6, 6.07) is 0.446. The molecule has 0 aromatic heterocycles. The van der Waals surface area contributed by atoms with E-state index in [4.69, 9.17) is 5.73 Å². The Bertz CT molecular complexity index is 219. The van der Waals surface area contributed by atoms with Crippen LogP contribution in [-0.4, -0.2) is 18.5 Å². The summed E-state index contributed by atoms with van der Waals surface area (Å²) in [6.07, 6.45) is 6.41. The summed E-state index contributed by atoms with van der Waals surface area (Å²) in [6.45, 7) is 7.63. The minimum Gasteiger partial charge on any atom is -0.370 e. The number of guanidine groups is 1. The molecule has 1 atom stereocenters. The lowest BCUT2D eigenvalue weighted by Crippen LogP contribution is -2.38. The second-order valence-corrected chi connectivity index (χ2v) is 5.54. The van der Waals surface area contributed by atoms with Crippen LogP contribution in [0, 0.1) is 11.8 Å². The van der Waals surface area contributed by atoms with Gasteiger partial charge in [0.05, 0.1) is 0 Å². The van der Waals surface area contributed by atoms with Gasteiger partial charge in [0.15, 0.2) is 5.96 Å². The second-order valence-electron chi connectivity index (χ2n) is 5.54. The lowest BCUT2D eigenvalue weighted by atomic mass is 10.0. The fourth-order valence-corrected chi connectivity index (χ4v) is 1.73. The summed E-state index contributed by atoms with van der Waals surface area (Å²) in [7, 11) is 0. The molecule has 0 radical (unpaired) electrons. The normalized spacial score (nSPS) is 18.9. The highest BCUT2D eigenvalue weighted by molar-refractivity contribution is 5.78. The van der Waals surface area contributed by atoms with Gasteiger partial charge in [-0.3, -0.25) is 4.99 Å². The SMILES string of the molecule is CC(C)CCCC(C)NC(N)=NCC1CC1. The molecule has 3 heteroatoms. The van der Waals surface area contributed by atoms with E-state index in [1.54, 1.807) is 0 Å². The minimum atomic E-state index is 0.446. The zero-order valence-corrected chi connectivity index (χ0v) is 11.0. The summed E-state index contributed by atoms with van der Waals surface area (Å²) in [5, 5.41) is 3.26. The van der Waals surface area contributed by atoms with Gasteiger partial charge in [-0.25, -0.2) is 0 Å². The Labute approximate surface area is 99.9 Å². The molecule has 1 fully saturated rings. The van der Waals surface area contributed by atoms with E-state index in [9.17, 15) is 0 Å². The maximum Gasteiger partial charge on any atom is 0.188 e. The van der Waals surface area contributed by atoms with Gasteiger partial charge in [0, 0.05) is 12.6 Å². The van der Waals surface area contributed by atoms with Crippen LogP contribution in [0.5, 0.6) is 0 Å². The van der Waals surface area contributed by atoms with E-state index in [1.165, 1.54) is 32.1 Å². The molecule has 0 heterocycles. The largest absolute Gasteiger partial charge is 0.370 e. The molecule has 0 aliphatic heterocycles. The van der Waals surface area contributed by atoms with Crippen LogP contribution in [0.4, 0.5) is 0 Å². The van der Waals surface area contributed by atoms with Crippen molar-refractivity contribution in [1.82, 2.24) is 5.32 Å². The Kier molecular flexibility index (Phi) is 5.64. The second kappa shape index (κ2) is 6.77. The predicted molar refractivity (Wildman–Crippen MR) is 70.5 cm³/mol. The summed E-state index contributed by atoms with van der Waals surface area (Å²) in [5.41, 5.74) is 5.82. The third-order valence-electron chi connectivity index (χ3n) is 3.03. The molecule has 0 amide bonds. The first-order valence-corrected chi connectivity index (χ1v) is 6.64. The molecular weight excluding hydrogens is 198 g/mol. The van der Waals surface area contributed by atoms with Crippen LogP contribution < -0.4 is 11.1 Å². The van der Waals surface area contributed by atoms with Crippen LogP contribution in [-0.2, 0) is 0 Å². The zero-order valence-electron chi connectivity index (χ0n) is 11.0. The van der Waals surface area contributed by atoms with Gasteiger partial charge in [-0.1, -0.05) is 26.7 Å². The van der Waals surface area contributed by atoms with E-state index in [-0.39, 0.29) is 0 Å². The minimum absolute atomic E-state index is 0.446. The van der Waals surface area contributed by atoms with Gasteiger partial charge in [0.2, 0.25) is 0 Å². The van der Waals surface area contributed by atoms with Crippen LogP contribution in [0.25, 0.3) is 0 Å². The van der Waals surface area contributed by atoms with Crippen molar-refractivity contribution in [1.29, 1.82) is 0 Å². The Hall–Kier alpha value is -0.730. The average Bonchev–Trinajstić information content (AvgIpc) is 2.97. The molecule has 94 valence electrons. The van der Waals surface area contributed by atoms with Gasteiger partial charge < -0.3 is 11.1 Å². The Morgan fingerprint density at radius 1 is 1.31 bits per heavy atom. The monoisotopic (exact) mass is 225 g/mol. The van der Waals surface area contributed by atoms with Crippen molar-refractivity contribution >= 4 is 5.96 Å². The number of hydrogen-bond acceptors (Lipinski definition) is 1. The lowest BCUT2D eigenvalue weighted by molar-refractivity contribution is 0.493. The van der Waals surface area contributed by atoms with Crippen LogP contribution in [0.1, 0.15) is 52.9 Å². The number of nitrogens with zero attached hydrogens (tertiary/aromatic N) is 1. The molecule has 3 N–H and O–H groups in total. The van der Waals surface area contributed by atoms with Crippen LogP contribution >= 0.6 is 0 Å². The first kappa shape index (κ1) is 13.3. The van der Waals surface area contributed by atoms with Gasteiger partial charge in [-0.2, -0.15) is 0 Å². The van der Waals surface area contributed by atoms with Gasteiger partial charge in [-0.05, 0) is 38.0 Å². The first-order chi connectivity index (χ1) is 7.58. The fraction of sp³-hybridized carbons (Fsp3) is 0.923. The van der Waals surface area contributed by atoms with E-state index in [0.29, 0.717) is 12.0 Å².